The highest BCUT2D eigenvalue weighted by Crippen LogP contribution is 2.22. The van der Waals surface area contributed by atoms with Crippen LogP contribution in [-0.2, 0) is 9.53 Å². The molecule has 0 atom stereocenters. The zero-order chi connectivity index (χ0) is 12.5. The molecule has 3 nitrogen and oxygen atoms in total. The first kappa shape index (κ1) is 14.5. The van der Waals surface area contributed by atoms with Gasteiger partial charge in [-0.25, -0.2) is 0 Å². The van der Waals surface area contributed by atoms with Crippen LogP contribution >= 0.6 is 0 Å². The van der Waals surface area contributed by atoms with Crippen molar-refractivity contribution in [2.75, 3.05) is 19.7 Å². The summed E-state index contributed by atoms with van der Waals surface area (Å²) in [5.74, 6) is 1.08. The molecule has 0 amide bonds. The molecule has 0 unspecified atom stereocenters. The maximum Gasteiger partial charge on any atom is 0.319 e. The molecule has 1 rings (SSSR count). The zero-order valence-electron chi connectivity index (χ0n) is 11.3. The molecule has 100 valence electrons. The van der Waals surface area contributed by atoms with E-state index >= 15 is 0 Å². The summed E-state index contributed by atoms with van der Waals surface area (Å²) in [6.45, 7) is 6.11. The number of carbonyl (C=O) groups excluding carboxylic acids is 1. The van der Waals surface area contributed by atoms with Gasteiger partial charge in [-0.05, 0) is 31.2 Å². The van der Waals surface area contributed by atoms with Gasteiger partial charge in [-0.3, -0.25) is 4.79 Å². The first-order valence-electron chi connectivity index (χ1n) is 7.05. The molecule has 0 bridgehead atoms. The van der Waals surface area contributed by atoms with Gasteiger partial charge in [-0.2, -0.15) is 0 Å². The van der Waals surface area contributed by atoms with Crippen LogP contribution < -0.4 is 5.32 Å². The van der Waals surface area contributed by atoms with Gasteiger partial charge >= 0.3 is 5.97 Å². The van der Waals surface area contributed by atoms with Gasteiger partial charge < -0.3 is 10.1 Å². The fourth-order valence-electron chi connectivity index (χ4n) is 2.26. The fraction of sp³-hybridized carbons (Fsp3) is 0.929. The third kappa shape index (κ3) is 7.37. The van der Waals surface area contributed by atoms with Gasteiger partial charge in [0.15, 0.2) is 0 Å². The Hall–Kier alpha value is -0.570. The Balaban J connectivity index is 2.05. The molecular formula is C14H27NO2. The monoisotopic (exact) mass is 241 g/mol. The Labute approximate surface area is 105 Å². The molecule has 3 heteroatoms. The molecular weight excluding hydrogens is 214 g/mol. The van der Waals surface area contributed by atoms with E-state index in [1.807, 2.05) is 0 Å². The SMILES string of the molecule is CC(C)CNCC(=O)OCC1CCCCCC1. The standard InChI is InChI=1S/C14H27NO2/c1-12(2)9-15-10-14(16)17-11-13-7-5-3-4-6-8-13/h12-13,15H,3-11H2,1-2H3. The number of carbonyl (C=O) groups is 1. The molecule has 0 spiro atoms. The summed E-state index contributed by atoms with van der Waals surface area (Å²) in [4.78, 5) is 11.5. The van der Waals surface area contributed by atoms with Crippen molar-refractivity contribution in [1.82, 2.24) is 5.32 Å². The largest absolute Gasteiger partial charge is 0.464 e. The quantitative estimate of drug-likeness (QED) is 0.574. The van der Waals surface area contributed by atoms with Crippen LogP contribution in [0.3, 0.4) is 0 Å². The van der Waals surface area contributed by atoms with Crippen molar-refractivity contribution in [1.29, 1.82) is 0 Å². The summed E-state index contributed by atoms with van der Waals surface area (Å²) in [5.41, 5.74) is 0. The summed E-state index contributed by atoms with van der Waals surface area (Å²) < 4.78 is 5.32. The topological polar surface area (TPSA) is 38.3 Å². The molecule has 0 saturated heterocycles. The van der Waals surface area contributed by atoms with E-state index in [9.17, 15) is 4.79 Å². The maximum atomic E-state index is 11.5. The predicted molar refractivity (Wildman–Crippen MR) is 69.9 cm³/mol. The third-order valence-electron chi connectivity index (χ3n) is 3.28. The zero-order valence-corrected chi connectivity index (χ0v) is 11.3. The molecule has 0 radical (unpaired) electrons. The molecule has 0 aromatic heterocycles. The second-order valence-electron chi connectivity index (χ2n) is 5.57. The smallest absolute Gasteiger partial charge is 0.319 e. The minimum absolute atomic E-state index is 0.102. The van der Waals surface area contributed by atoms with Crippen LogP contribution in [0.25, 0.3) is 0 Å². The second-order valence-corrected chi connectivity index (χ2v) is 5.57. The Morgan fingerprint density at radius 1 is 1.24 bits per heavy atom. The molecule has 1 aliphatic carbocycles. The van der Waals surface area contributed by atoms with E-state index < -0.39 is 0 Å². The van der Waals surface area contributed by atoms with Gasteiger partial charge in [0, 0.05) is 0 Å². The molecule has 1 aliphatic rings. The van der Waals surface area contributed by atoms with Crippen LogP contribution in [0.1, 0.15) is 52.4 Å². The van der Waals surface area contributed by atoms with Gasteiger partial charge in [0.05, 0.1) is 13.2 Å². The molecule has 0 heterocycles. The van der Waals surface area contributed by atoms with E-state index in [1.54, 1.807) is 0 Å². The number of hydrogen-bond acceptors (Lipinski definition) is 3. The van der Waals surface area contributed by atoms with Gasteiger partial charge in [0.1, 0.15) is 0 Å². The number of rotatable bonds is 6. The van der Waals surface area contributed by atoms with E-state index in [1.165, 1.54) is 38.5 Å². The molecule has 17 heavy (non-hydrogen) atoms. The van der Waals surface area contributed by atoms with E-state index in [4.69, 9.17) is 4.74 Å². The minimum atomic E-state index is -0.102. The van der Waals surface area contributed by atoms with Crippen LogP contribution in [0.4, 0.5) is 0 Å². The third-order valence-corrected chi connectivity index (χ3v) is 3.28. The van der Waals surface area contributed by atoms with Gasteiger partial charge in [0.25, 0.3) is 0 Å². The van der Waals surface area contributed by atoms with Crippen molar-refractivity contribution in [2.45, 2.75) is 52.4 Å². The minimum Gasteiger partial charge on any atom is -0.464 e. The van der Waals surface area contributed by atoms with Crippen LogP contribution in [0.2, 0.25) is 0 Å². The Morgan fingerprint density at radius 2 is 1.88 bits per heavy atom. The summed E-state index contributed by atoms with van der Waals surface area (Å²) in [5, 5.41) is 3.11. The molecule has 1 fully saturated rings. The second kappa shape index (κ2) is 8.51. The Kier molecular flexibility index (Phi) is 7.25. The highest BCUT2D eigenvalue weighted by atomic mass is 16.5. The van der Waals surface area contributed by atoms with Crippen molar-refractivity contribution in [2.24, 2.45) is 11.8 Å². The normalized spacial score (nSPS) is 18.1. The number of hydrogen-bond donors (Lipinski definition) is 1. The van der Waals surface area contributed by atoms with Crippen LogP contribution in [-0.4, -0.2) is 25.7 Å². The molecule has 1 saturated carbocycles. The van der Waals surface area contributed by atoms with E-state index in [-0.39, 0.29) is 5.97 Å². The van der Waals surface area contributed by atoms with Crippen molar-refractivity contribution >= 4 is 5.97 Å². The summed E-state index contributed by atoms with van der Waals surface area (Å²) >= 11 is 0. The molecule has 0 aromatic rings. The van der Waals surface area contributed by atoms with Crippen LogP contribution in [0.15, 0.2) is 0 Å². The fourth-order valence-corrected chi connectivity index (χ4v) is 2.26. The lowest BCUT2D eigenvalue weighted by atomic mass is 10.0. The van der Waals surface area contributed by atoms with Gasteiger partial charge in [0.2, 0.25) is 0 Å². The van der Waals surface area contributed by atoms with Crippen molar-refractivity contribution in [3.63, 3.8) is 0 Å². The summed E-state index contributed by atoms with van der Waals surface area (Å²) in [7, 11) is 0. The maximum absolute atomic E-state index is 11.5. The van der Waals surface area contributed by atoms with Gasteiger partial charge in [-0.15, -0.1) is 0 Å². The number of esters is 1. The first-order chi connectivity index (χ1) is 8.18. The van der Waals surface area contributed by atoms with Crippen molar-refractivity contribution in [3.05, 3.63) is 0 Å². The highest BCUT2D eigenvalue weighted by molar-refractivity contribution is 5.71. The van der Waals surface area contributed by atoms with Crippen molar-refractivity contribution in [3.8, 4) is 0 Å². The highest BCUT2D eigenvalue weighted by Gasteiger charge is 2.14. The molecule has 1 N–H and O–H groups in total. The van der Waals surface area contributed by atoms with Crippen LogP contribution in [0, 0.1) is 11.8 Å². The number of nitrogens with one attached hydrogen (secondary N) is 1. The van der Waals surface area contributed by atoms with E-state index in [0.717, 1.165) is 6.54 Å². The molecule has 0 aliphatic heterocycles. The number of ether oxygens (including phenoxy) is 1. The Bertz CT molecular complexity index is 208. The first-order valence-corrected chi connectivity index (χ1v) is 7.05. The molecule has 0 aromatic carbocycles. The Morgan fingerprint density at radius 3 is 2.47 bits per heavy atom. The summed E-state index contributed by atoms with van der Waals surface area (Å²) in [6.07, 6.45) is 7.75. The average Bonchev–Trinajstić information content (AvgIpc) is 2.54. The van der Waals surface area contributed by atoms with Crippen LogP contribution in [0.5, 0.6) is 0 Å². The van der Waals surface area contributed by atoms with Gasteiger partial charge in [-0.1, -0.05) is 39.5 Å². The van der Waals surface area contributed by atoms with Crippen molar-refractivity contribution < 1.29 is 9.53 Å². The summed E-state index contributed by atoms with van der Waals surface area (Å²) in [6, 6.07) is 0. The lowest BCUT2D eigenvalue weighted by Gasteiger charge is -2.14. The average molecular weight is 241 g/mol. The lowest BCUT2D eigenvalue weighted by Crippen LogP contribution is -2.29. The van der Waals surface area contributed by atoms with E-state index in [2.05, 4.69) is 19.2 Å². The predicted octanol–water partition coefficient (Wildman–Crippen LogP) is 2.75. The lowest BCUT2D eigenvalue weighted by molar-refractivity contribution is -0.144. The van der Waals surface area contributed by atoms with E-state index in [0.29, 0.717) is 25.0 Å².